The predicted octanol–water partition coefficient (Wildman–Crippen LogP) is 4.20. The van der Waals surface area contributed by atoms with Gasteiger partial charge in [0.05, 0.1) is 0 Å². The van der Waals surface area contributed by atoms with Gasteiger partial charge in [-0.25, -0.2) is 0 Å². The molecule has 0 aliphatic carbocycles. The molecule has 0 aliphatic heterocycles. The zero-order valence-electron chi connectivity index (χ0n) is 9.34. The Morgan fingerprint density at radius 2 is 2.00 bits per heavy atom. The minimum Gasteiger partial charge on any atom is -0.103 e. The van der Waals surface area contributed by atoms with E-state index in [1.807, 2.05) is 6.08 Å². The SMILES string of the molecule is C=CCCCCc1ccc(C)cc1C. The van der Waals surface area contributed by atoms with Crippen LogP contribution in [0.15, 0.2) is 30.9 Å². The van der Waals surface area contributed by atoms with Gasteiger partial charge in [-0.15, -0.1) is 6.58 Å². The van der Waals surface area contributed by atoms with Gasteiger partial charge in [0, 0.05) is 0 Å². The van der Waals surface area contributed by atoms with Crippen LogP contribution in [0.25, 0.3) is 0 Å². The van der Waals surface area contributed by atoms with Crippen LogP contribution in [0.5, 0.6) is 0 Å². The van der Waals surface area contributed by atoms with Gasteiger partial charge in [0.25, 0.3) is 0 Å². The summed E-state index contributed by atoms with van der Waals surface area (Å²) < 4.78 is 0. The second-order valence-corrected chi connectivity index (χ2v) is 3.96. The summed E-state index contributed by atoms with van der Waals surface area (Å²) in [6.07, 6.45) is 6.89. The molecule has 0 heteroatoms. The van der Waals surface area contributed by atoms with Crippen LogP contribution in [-0.2, 0) is 6.42 Å². The number of benzene rings is 1. The maximum atomic E-state index is 3.73. The average molecular weight is 188 g/mol. The zero-order chi connectivity index (χ0) is 10.4. The highest BCUT2D eigenvalue weighted by Gasteiger charge is 1.97. The highest BCUT2D eigenvalue weighted by atomic mass is 14.0. The molecule has 1 aromatic rings. The lowest BCUT2D eigenvalue weighted by Crippen LogP contribution is -1.90. The third-order valence-corrected chi connectivity index (χ3v) is 2.60. The van der Waals surface area contributed by atoms with E-state index >= 15 is 0 Å². The van der Waals surface area contributed by atoms with Gasteiger partial charge < -0.3 is 0 Å². The number of allylic oxidation sites excluding steroid dienone is 1. The minimum absolute atomic E-state index is 1.14. The molecule has 0 radical (unpaired) electrons. The molecule has 0 heterocycles. The highest BCUT2D eigenvalue weighted by molar-refractivity contribution is 5.30. The standard InChI is InChI=1S/C14H20/c1-4-5-6-7-8-14-10-9-12(2)11-13(14)3/h4,9-11H,1,5-8H2,2-3H3. The first-order valence-corrected chi connectivity index (χ1v) is 5.41. The van der Waals surface area contributed by atoms with Gasteiger partial charge in [-0.1, -0.05) is 29.8 Å². The lowest BCUT2D eigenvalue weighted by atomic mass is 10.0. The van der Waals surface area contributed by atoms with E-state index < -0.39 is 0 Å². The molecule has 0 N–H and O–H groups in total. The lowest BCUT2D eigenvalue weighted by Gasteiger charge is -2.05. The van der Waals surface area contributed by atoms with Crippen molar-refractivity contribution in [3.05, 3.63) is 47.5 Å². The van der Waals surface area contributed by atoms with Gasteiger partial charge in [-0.2, -0.15) is 0 Å². The molecule has 0 amide bonds. The fourth-order valence-electron chi connectivity index (χ4n) is 1.73. The molecule has 0 atom stereocenters. The Morgan fingerprint density at radius 3 is 2.64 bits per heavy atom. The Balaban J connectivity index is 2.46. The van der Waals surface area contributed by atoms with E-state index in [0.29, 0.717) is 0 Å². The molecular weight excluding hydrogens is 168 g/mol. The van der Waals surface area contributed by atoms with Crippen LogP contribution >= 0.6 is 0 Å². The van der Waals surface area contributed by atoms with Gasteiger partial charge in [0.1, 0.15) is 0 Å². The molecule has 0 aromatic heterocycles. The molecule has 0 saturated carbocycles. The molecule has 0 nitrogen and oxygen atoms in total. The molecule has 0 bridgehead atoms. The maximum Gasteiger partial charge on any atom is -0.0276 e. The molecule has 76 valence electrons. The number of rotatable bonds is 5. The molecule has 0 aliphatic rings. The lowest BCUT2D eigenvalue weighted by molar-refractivity contribution is 0.745. The zero-order valence-corrected chi connectivity index (χ0v) is 9.34. The maximum absolute atomic E-state index is 3.73. The quantitative estimate of drug-likeness (QED) is 0.480. The molecule has 1 aromatic carbocycles. The summed E-state index contributed by atoms with van der Waals surface area (Å²) in [7, 11) is 0. The van der Waals surface area contributed by atoms with Crippen LogP contribution in [-0.4, -0.2) is 0 Å². The first-order valence-electron chi connectivity index (χ1n) is 5.41. The summed E-state index contributed by atoms with van der Waals surface area (Å²) in [5, 5.41) is 0. The molecule has 0 saturated heterocycles. The van der Waals surface area contributed by atoms with E-state index in [-0.39, 0.29) is 0 Å². The summed E-state index contributed by atoms with van der Waals surface area (Å²) in [6.45, 7) is 8.09. The van der Waals surface area contributed by atoms with E-state index in [4.69, 9.17) is 0 Å². The van der Waals surface area contributed by atoms with Gasteiger partial charge in [-0.05, 0) is 50.7 Å². The van der Waals surface area contributed by atoms with E-state index in [9.17, 15) is 0 Å². The third-order valence-electron chi connectivity index (χ3n) is 2.60. The van der Waals surface area contributed by atoms with Crippen molar-refractivity contribution in [1.29, 1.82) is 0 Å². The van der Waals surface area contributed by atoms with Crippen LogP contribution in [0.2, 0.25) is 0 Å². The van der Waals surface area contributed by atoms with Crippen LogP contribution in [0.3, 0.4) is 0 Å². The summed E-state index contributed by atoms with van der Waals surface area (Å²) in [5.74, 6) is 0. The molecule has 0 spiro atoms. The van der Waals surface area contributed by atoms with Crippen molar-refractivity contribution in [2.24, 2.45) is 0 Å². The van der Waals surface area contributed by atoms with Gasteiger partial charge in [0.15, 0.2) is 0 Å². The highest BCUT2D eigenvalue weighted by Crippen LogP contribution is 2.13. The Kier molecular flexibility index (Phi) is 4.45. The largest absolute Gasteiger partial charge is 0.103 e. The van der Waals surface area contributed by atoms with Gasteiger partial charge in [-0.3, -0.25) is 0 Å². The van der Waals surface area contributed by atoms with Crippen molar-refractivity contribution in [3.8, 4) is 0 Å². The Bertz CT molecular complexity index is 297. The monoisotopic (exact) mass is 188 g/mol. The Morgan fingerprint density at radius 1 is 1.21 bits per heavy atom. The molecule has 0 fully saturated rings. The number of unbranched alkanes of at least 4 members (excludes halogenated alkanes) is 2. The van der Waals surface area contributed by atoms with E-state index in [1.165, 1.54) is 36.0 Å². The smallest absolute Gasteiger partial charge is 0.0276 e. The van der Waals surface area contributed by atoms with Crippen molar-refractivity contribution in [2.45, 2.75) is 39.5 Å². The predicted molar refractivity (Wildman–Crippen MR) is 63.7 cm³/mol. The fourth-order valence-corrected chi connectivity index (χ4v) is 1.73. The molecule has 14 heavy (non-hydrogen) atoms. The first kappa shape index (κ1) is 11.0. The van der Waals surface area contributed by atoms with E-state index in [1.54, 1.807) is 0 Å². The van der Waals surface area contributed by atoms with Gasteiger partial charge in [0.2, 0.25) is 0 Å². The minimum atomic E-state index is 1.14. The van der Waals surface area contributed by atoms with E-state index in [2.05, 4.69) is 38.6 Å². The van der Waals surface area contributed by atoms with Crippen LogP contribution < -0.4 is 0 Å². The van der Waals surface area contributed by atoms with Crippen molar-refractivity contribution in [2.75, 3.05) is 0 Å². The Hall–Kier alpha value is -1.04. The number of hydrogen-bond acceptors (Lipinski definition) is 0. The summed E-state index contributed by atoms with van der Waals surface area (Å²) in [5.41, 5.74) is 4.29. The van der Waals surface area contributed by atoms with Crippen LogP contribution in [0.4, 0.5) is 0 Å². The first-order chi connectivity index (χ1) is 6.74. The fraction of sp³-hybridized carbons (Fsp3) is 0.429. The molecular formula is C14H20. The summed E-state index contributed by atoms with van der Waals surface area (Å²) in [6, 6.07) is 6.73. The van der Waals surface area contributed by atoms with Crippen molar-refractivity contribution < 1.29 is 0 Å². The average Bonchev–Trinajstić information content (AvgIpc) is 2.15. The van der Waals surface area contributed by atoms with Crippen molar-refractivity contribution >= 4 is 0 Å². The van der Waals surface area contributed by atoms with E-state index in [0.717, 1.165) is 6.42 Å². The molecule has 0 unspecified atom stereocenters. The summed E-state index contributed by atoms with van der Waals surface area (Å²) >= 11 is 0. The topological polar surface area (TPSA) is 0 Å². The van der Waals surface area contributed by atoms with Crippen molar-refractivity contribution in [1.82, 2.24) is 0 Å². The normalized spacial score (nSPS) is 10.1. The number of hydrogen-bond donors (Lipinski definition) is 0. The third kappa shape index (κ3) is 3.37. The van der Waals surface area contributed by atoms with Crippen LogP contribution in [0, 0.1) is 13.8 Å². The van der Waals surface area contributed by atoms with Crippen molar-refractivity contribution in [3.63, 3.8) is 0 Å². The summed E-state index contributed by atoms with van der Waals surface area (Å²) in [4.78, 5) is 0. The number of aryl methyl sites for hydroxylation is 3. The van der Waals surface area contributed by atoms with Crippen LogP contribution in [0.1, 0.15) is 36.0 Å². The Labute approximate surface area is 87.7 Å². The second kappa shape index (κ2) is 5.64. The second-order valence-electron chi connectivity index (χ2n) is 3.96. The molecule has 1 rings (SSSR count). The van der Waals surface area contributed by atoms with Gasteiger partial charge >= 0.3 is 0 Å².